The molecule has 4 heterocycles. The highest BCUT2D eigenvalue weighted by Crippen LogP contribution is 2.39. The zero-order valence-corrected chi connectivity index (χ0v) is 36.4. The van der Waals surface area contributed by atoms with Crippen molar-refractivity contribution in [3.63, 3.8) is 0 Å². The molecule has 0 saturated heterocycles. The maximum atomic E-state index is 13.3. The molecule has 0 fully saturated rings. The molecule has 2 aliphatic heterocycles. The Labute approximate surface area is 358 Å². The van der Waals surface area contributed by atoms with E-state index in [4.69, 9.17) is 39.8 Å². The number of nitrogens with zero attached hydrogens (tertiary/aromatic N) is 6. The normalized spacial score (nSPS) is 15.9. The lowest BCUT2D eigenvalue weighted by atomic mass is 9.99. The molecule has 0 bridgehead atoms. The van der Waals surface area contributed by atoms with Crippen LogP contribution in [-0.4, -0.2) is 63.7 Å². The number of hydrazone groups is 1. The van der Waals surface area contributed by atoms with E-state index in [1.807, 2.05) is 44.2 Å². The van der Waals surface area contributed by atoms with Crippen LogP contribution < -0.4 is 21.0 Å². The van der Waals surface area contributed by atoms with E-state index in [2.05, 4.69) is 49.7 Å². The number of thiophene rings is 1. The Balaban J connectivity index is 0.847. The number of halogens is 3. The van der Waals surface area contributed by atoms with Crippen LogP contribution in [0.5, 0.6) is 0 Å². The highest BCUT2D eigenvalue weighted by atomic mass is 35.5. The van der Waals surface area contributed by atoms with Crippen molar-refractivity contribution in [2.45, 2.75) is 97.9 Å². The molecule has 0 aliphatic carbocycles. The summed E-state index contributed by atoms with van der Waals surface area (Å²) in [5.74, 6) is 1.88. The first kappa shape index (κ1) is 43.3. The highest BCUT2D eigenvalue weighted by molar-refractivity contribution is 7.15. The van der Waals surface area contributed by atoms with Crippen molar-refractivity contribution in [1.82, 2.24) is 30.7 Å². The van der Waals surface area contributed by atoms with Crippen molar-refractivity contribution in [3.05, 3.63) is 90.7 Å². The molecule has 0 saturated carbocycles. The summed E-state index contributed by atoms with van der Waals surface area (Å²) in [5.41, 5.74) is 4.76. The van der Waals surface area contributed by atoms with Gasteiger partial charge in [-0.3, -0.25) is 29.0 Å². The quantitative estimate of drug-likeness (QED) is 0.0905. The first-order chi connectivity index (χ1) is 27.9. The van der Waals surface area contributed by atoms with Crippen molar-refractivity contribution in [2.24, 2.45) is 16.0 Å². The number of nitrogens with one attached hydrogen (secondary N) is 3. The second-order valence-corrected chi connectivity index (χ2v) is 17.4. The Morgan fingerprint density at radius 1 is 0.810 bits per heavy atom. The molecule has 12 nitrogen and oxygen atoms in total. The minimum absolute atomic E-state index is 0.00161. The van der Waals surface area contributed by atoms with E-state index in [-0.39, 0.29) is 36.5 Å². The van der Waals surface area contributed by atoms with E-state index in [1.54, 1.807) is 28.5 Å². The van der Waals surface area contributed by atoms with E-state index >= 15 is 0 Å². The van der Waals surface area contributed by atoms with Gasteiger partial charge in [0.2, 0.25) is 17.7 Å². The van der Waals surface area contributed by atoms with E-state index in [1.165, 1.54) is 4.88 Å². The third-order valence-corrected chi connectivity index (χ3v) is 12.6. The first-order valence-electron chi connectivity index (χ1n) is 19.9. The summed E-state index contributed by atoms with van der Waals surface area (Å²) in [6.45, 7) is 9.80. The molecular formula is C42H50Cl3N9O3S. The molecule has 6 rings (SSSR count). The fourth-order valence-electron chi connectivity index (χ4n) is 7.07. The second kappa shape index (κ2) is 20.1. The van der Waals surface area contributed by atoms with Gasteiger partial charge in [0.15, 0.2) is 5.82 Å². The number of amidine groups is 1. The van der Waals surface area contributed by atoms with Gasteiger partial charge in [0.05, 0.1) is 34.4 Å². The molecule has 3 N–H and O–H groups in total. The Morgan fingerprint density at radius 2 is 1.50 bits per heavy atom. The molecule has 0 radical (unpaired) electrons. The lowest BCUT2D eigenvalue weighted by molar-refractivity contribution is -0.122. The minimum Gasteiger partial charge on any atom is -0.356 e. The number of aliphatic imine (C=N–C) groups is 1. The number of hydrogen-bond acceptors (Lipinski definition) is 9. The predicted molar refractivity (Wildman–Crippen MR) is 234 cm³/mol. The molecule has 2 aromatic carbocycles. The molecule has 1 unspecified atom stereocenters. The fourth-order valence-corrected chi connectivity index (χ4v) is 8.70. The summed E-state index contributed by atoms with van der Waals surface area (Å²) in [6, 6.07) is 12.5. The smallest absolute Gasteiger partial charge is 0.225 e. The average molecular weight is 867 g/mol. The molecule has 4 aromatic rings. The SMILES string of the molecule is Cc1sc2c(c1C)C(c1ccc(Cl)cc1)=N[C@@H](CC(=O)NCCCCCCCCC(=O)NCCCC(=O)NC1=NN(c3ccc(Cl)c(Cl)c3)CC1C)c1nnc(C)n1-2. The summed E-state index contributed by atoms with van der Waals surface area (Å²) in [6.07, 6.45) is 7.14. The number of rotatable bonds is 17. The Kier molecular flexibility index (Phi) is 15.0. The highest BCUT2D eigenvalue weighted by Gasteiger charge is 2.32. The number of hydrogen-bond donors (Lipinski definition) is 3. The van der Waals surface area contributed by atoms with Crippen molar-refractivity contribution >= 4 is 81.1 Å². The van der Waals surface area contributed by atoms with E-state index in [0.717, 1.165) is 77.4 Å². The molecule has 16 heteroatoms. The van der Waals surface area contributed by atoms with Crippen LogP contribution in [0.2, 0.25) is 15.1 Å². The van der Waals surface area contributed by atoms with Gasteiger partial charge in [0.25, 0.3) is 0 Å². The fraction of sp³-hybridized carbons (Fsp3) is 0.452. The standard InChI is InChI=1S/C42H50Cl3N9O3S/c1-25-24-53(31-18-19-32(44)33(45)22-31)52-40(25)49-36(56)13-11-21-46-35(55)12-9-7-5-6-8-10-20-47-37(57)23-34-41-51-50-28(4)54(41)42-38(26(2)27(3)58-42)39(48-34)29-14-16-30(43)17-15-29/h14-19,22,25,34H,5-13,20-21,23-24H2,1-4H3,(H,46,55)(H,47,57)(H,49,52,56)/t25?,34-/m0/s1. The molecule has 0 spiro atoms. The van der Waals surface area contributed by atoms with Crippen LogP contribution in [0, 0.1) is 26.7 Å². The van der Waals surface area contributed by atoms with Crippen molar-refractivity contribution in [1.29, 1.82) is 0 Å². The molecule has 58 heavy (non-hydrogen) atoms. The van der Waals surface area contributed by atoms with Crippen molar-refractivity contribution in [2.75, 3.05) is 24.6 Å². The van der Waals surface area contributed by atoms with Gasteiger partial charge < -0.3 is 16.0 Å². The third-order valence-electron chi connectivity index (χ3n) is 10.4. The predicted octanol–water partition coefficient (Wildman–Crippen LogP) is 8.83. The summed E-state index contributed by atoms with van der Waals surface area (Å²) in [7, 11) is 0. The molecule has 2 aliphatic rings. The largest absolute Gasteiger partial charge is 0.356 e. The number of benzene rings is 2. The van der Waals surface area contributed by atoms with Crippen LogP contribution in [0.15, 0.2) is 52.6 Å². The van der Waals surface area contributed by atoms with Crippen LogP contribution in [0.25, 0.3) is 5.00 Å². The number of unbranched alkanes of at least 4 members (excludes halogenated alkanes) is 5. The van der Waals surface area contributed by atoms with Gasteiger partial charge in [-0.25, -0.2) is 0 Å². The lowest BCUT2D eigenvalue weighted by Crippen LogP contribution is -2.34. The van der Waals surface area contributed by atoms with Crippen LogP contribution in [0.3, 0.4) is 0 Å². The zero-order valence-electron chi connectivity index (χ0n) is 33.3. The number of anilines is 1. The van der Waals surface area contributed by atoms with Crippen LogP contribution in [0.1, 0.15) is 110 Å². The number of aromatic nitrogens is 3. The number of carbonyl (C=O) groups is 3. The van der Waals surface area contributed by atoms with Crippen LogP contribution >= 0.6 is 46.1 Å². The maximum absolute atomic E-state index is 13.3. The maximum Gasteiger partial charge on any atom is 0.225 e. The molecule has 2 aromatic heterocycles. The van der Waals surface area contributed by atoms with Crippen LogP contribution in [-0.2, 0) is 14.4 Å². The monoisotopic (exact) mass is 865 g/mol. The second-order valence-electron chi connectivity index (χ2n) is 14.9. The average Bonchev–Trinajstić information content (AvgIpc) is 3.82. The van der Waals surface area contributed by atoms with Gasteiger partial charge in [-0.1, -0.05) is 79.5 Å². The topological polar surface area (TPSA) is 146 Å². The number of amides is 3. The number of carbonyl (C=O) groups excluding carboxylic acids is 3. The Bertz CT molecular complexity index is 2180. The van der Waals surface area contributed by atoms with Gasteiger partial charge in [0.1, 0.15) is 22.7 Å². The van der Waals surface area contributed by atoms with E-state index < -0.39 is 6.04 Å². The first-order valence-corrected chi connectivity index (χ1v) is 21.8. The number of aryl methyl sites for hydroxylation is 2. The van der Waals surface area contributed by atoms with Gasteiger partial charge in [-0.05, 0) is 75.9 Å². The molecule has 2 atom stereocenters. The Hall–Kier alpha value is -4.30. The Morgan fingerprint density at radius 3 is 2.26 bits per heavy atom. The zero-order chi connectivity index (χ0) is 41.3. The molecular weight excluding hydrogens is 817 g/mol. The van der Waals surface area contributed by atoms with Gasteiger partial charge in [-0.2, -0.15) is 5.10 Å². The molecule has 3 amide bonds. The van der Waals surface area contributed by atoms with E-state index in [9.17, 15) is 14.4 Å². The van der Waals surface area contributed by atoms with Gasteiger partial charge in [-0.15, -0.1) is 21.5 Å². The van der Waals surface area contributed by atoms with Gasteiger partial charge >= 0.3 is 0 Å². The summed E-state index contributed by atoms with van der Waals surface area (Å²) >= 11 is 20.1. The summed E-state index contributed by atoms with van der Waals surface area (Å²) < 4.78 is 2.05. The van der Waals surface area contributed by atoms with Gasteiger partial charge in [0, 0.05) is 52.9 Å². The van der Waals surface area contributed by atoms with E-state index in [0.29, 0.717) is 59.2 Å². The number of fused-ring (bicyclic) bond motifs is 3. The summed E-state index contributed by atoms with van der Waals surface area (Å²) in [4.78, 5) is 44.5. The molecule has 308 valence electrons. The lowest BCUT2D eigenvalue weighted by Gasteiger charge is -2.14. The van der Waals surface area contributed by atoms with Crippen molar-refractivity contribution in [3.8, 4) is 5.00 Å². The third kappa shape index (κ3) is 10.8. The summed E-state index contributed by atoms with van der Waals surface area (Å²) in [5, 5.41) is 26.8. The van der Waals surface area contributed by atoms with Crippen LogP contribution in [0.4, 0.5) is 5.69 Å². The van der Waals surface area contributed by atoms with Crippen molar-refractivity contribution < 1.29 is 14.4 Å². The minimum atomic E-state index is -0.501.